The van der Waals surface area contributed by atoms with Gasteiger partial charge >= 0.3 is 0 Å². The Hall–Kier alpha value is -1.18. The standard InChI is InChI=1S/C30H56N2/c1-9-15-19-27(13-5)23-31(25(7)11-3)29-21-17-18-22-30(29)32(26(8)12-4)24-28(14-6)20-16-10-2/h17-18,21-22,25-28H,9-16,19-20,23-24H2,1-8H3. The average molecular weight is 445 g/mol. The predicted octanol–water partition coefficient (Wildman–Crippen LogP) is 9.33. The Morgan fingerprint density at radius 3 is 1.25 bits per heavy atom. The second-order valence-corrected chi connectivity index (χ2v) is 10.1. The van der Waals surface area contributed by atoms with Gasteiger partial charge in [0.05, 0.1) is 11.4 Å². The minimum absolute atomic E-state index is 0.563. The molecule has 0 heterocycles. The molecule has 2 nitrogen and oxygen atoms in total. The van der Waals surface area contributed by atoms with Gasteiger partial charge in [-0.25, -0.2) is 0 Å². The molecule has 0 saturated carbocycles. The second kappa shape index (κ2) is 16.4. The van der Waals surface area contributed by atoms with E-state index in [2.05, 4.69) is 89.5 Å². The molecule has 1 rings (SSSR count). The van der Waals surface area contributed by atoms with Crippen molar-refractivity contribution in [2.75, 3.05) is 22.9 Å². The van der Waals surface area contributed by atoms with Crippen LogP contribution in [0.25, 0.3) is 0 Å². The topological polar surface area (TPSA) is 6.48 Å². The third-order valence-corrected chi connectivity index (χ3v) is 7.74. The van der Waals surface area contributed by atoms with Crippen molar-refractivity contribution in [3.63, 3.8) is 0 Å². The van der Waals surface area contributed by atoms with Gasteiger partial charge in [0.15, 0.2) is 0 Å². The Balaban J connectivity index is 3.33. The molecule has 0 fully saturated rings. The molecule has 0 spiro atoms. The molecule has 0 radical (unpaired) electrons. The zero-order chi connectivity index (χ0) is 23.9. The fraction of sp³-hybridized carbons (Fsp3) is 0.800. The molecule has 0 aromatic heterocycles. The molecule has 0 aliphatic heterocycles. The summed E-state index contributed by atoms with van der Waals surface area (Å²) in [4.78, 5) is 5.50. The van der Waals surface area contributed by atoms with Crippen LogP contribution >= 0.6 is 0 Å². The largest absolute Gasteiger partial charge is 0.367 e. The van der Waals surface area contributed by atoms with Gasteiger partial charge in [-0.1, -0.05) is 92.2 Å². The Morgan fingerprint density at radius 2 is 0.969 bits per heavy atom. The van der Waals surface area contributed by atoms with E-state index < -0.39 is 0 Å². The molecular weight excluding hydrogens is 388 g/mol. The number of para-hydroxylation sites is 2. The van der Waals surface area contributed by atoms with Crippen LogP contribution in [0.5, 0.6) is 0 Å². The van der Waals surface area contributed by atoms with E-state index in [4.69, 9.17) is 0 Å². The molecule has 4 unspecified atom stereocenters. The number of anilines is 2. The quantitative estimate of drug-likeness (QED) is 0.222. The molecule has 0 N–H and O–H groups in total. The third-order valence-electron chi connectivity index (χ3n) is 7.74. The van der Waals surface area contributed by atoms with Crippen molar-refractivity contribution in [1.82, 2.24) is 0 Å². The highest BCUT2D eigenvalue weighted by Crippen LogP contribution is 2.35. The van der Waals surface area contributed by atoms with Crippen LogP contribution in [0.2, 0.25) is 0 Å². The maximum absolute atomic E-state index is 2.75. The van der Waals surface area contributed by atoms with E-state index in [9.17, 15) is 0 Å². The number of rotatable bonds is 18. The summed E-state index contributed by atoms with van der Waals surface area (Å²) in [6.07, 6.45) is 12.9. The lowest BCUT2D eigenvalue weighted by Gasteiger charge is -2.40. The molecular formula is C30H56N2. The number of nitrogens with zero attached hydrogens (tertiary/aromatic N) is 2. The van der Waals surface area contributed by atoms with Gasteiger partial charge in [-0.05, 0) is 63.5 Å². The van der Waals surface area contributed by atoms with Crippen molar-refractivity contribution < 1.29 is 0 Å². The molecule has 0 aliphatic carbocycles. The van der Waals surface area contributed by atoms with E-state index in [1.54, 1.807) is 0 Å². The zero-order valence-corrected chi connectivity index (χ0v) is 23.0. The number of hydrogen-bond acceptors (Lipinski definition) is 2. The van der Waals surface area contributed by atoms with Crippen molar-refractivity contribution >= 4 is 11.4 Å². The highest BCUT2D eigenvalue weighted by molar-refractivity contribution is 5.72. The fourth-order valence-corrected chi connectivity index (χ4v) is 4.81. The molecule has 0 saturated heterocycles. The third kappa shape index (κ3) is 8.99. The van der Waals surface area contributed by atoms with Gasteiger partial charge in [0, 0.05) is 25.2 Å². The van der Waals surface area contributed by atoms with Gasteiger partial charge in [-0.3, -0.25) is 0 Å². The first-order chi connectivity index (χ1) is 15.5. The van der Waals surface area contributed by atoms with Gasteiger partial charge in [0.25, 0.3) is 0 Å². The summed E-state index contributed by atoms with van der Waals surface area (Å²) in [5.41, 5.74) is 2.92. The van der Waals surface area contributed by atoms with Crippen LogP contribution in [0.4, 0.5) is 11.4 Å². The second-order valence-electron chi connectivity index (χ2n) is 10.1. The number of unbranched alkanes of at least 4 members (excludes halogenated alkanes) is 2. The van der Waals surface area contributed by atoms with Gasteiger partial charge in [-0.2, -0.15) is 0 Å². The lowest BCUT2D eigenvalue weighted by Crippen LogP contribution is -2.41. The fourth-order valence-electron chi connectivity index (χ4n) is 4.81. The summed E-state index contributed by atoms with van der Waals surface area (Å²) in [6, 6.07) is 10.4. The molecule has 1 aromatic carbocycles. The summed E-state index contributed by atoms with van der Waals surface area (Å²) < 4.78 is 0. The number of benzene rings is 1. The summed E-state index contributed by atoms with van der Waals surface area (Å²) >= 11 is 0. The van der Waals surface area contributed by atoms with Gasteiger partial charge in [0.2, 0.25) is 0 Å². The average Bonchev–Trinajstić information content (AvgIpc) is 2.83. The van der Waals surface area contributed by atoms with E-state index in [0.717, 1.165) is 11.8 Å². The maximum Gasteiger partial charge on any atom is 0.0606 e. The van der Waals surface area contributed by atoms with Crippen LogP contribution < -0.4 is 9.80 Å². The van der Waals surface area contributed by atoms with E-state index >= 15 is 0 Å². The van der Waals surface area contributed by atoms with Crippen LogP contribution in [0, 0.1) is 11.8 Å². The Bertz CT molecular complexity index is 533. The number of hydrogen-bond donors (Lipinski definition) is 0. The van der Waals surface area contributed by atoms with Gasteiger partial charge in [-0.15, -0.1) is 0 Å². The molecule has 0 bridgehead atoms. The maximum atomic E-state index is 2.75. The molecule has 0 amide bonds. The zero-order valence-electron chi connectivity index (χ0n) is 23.0. The van der Waals surface area contributed by atoms with E-state index in [-0.39, 0.29) is 0 Å². The van der Waals surface area contributed by atoms with Crippen LogP contribution in [0.1, 0.15) is 120 Å². The lowest BCUT2D eigenvalue weighted by molar-refractivity contribution is 0.422. The van der Waals surface area contributed by atoms with Gasteiger partial charge in [0.1, 0.15) is 0 Å². The summed E-state index contributed by atoms with van der Waals surface area (Å²) in [5, 5.41) is 0. The first-order valence-electron chi connectivity index (χ1n) is 14.1. The van der Waals surface area contributed by atoms with E-state index in [0.29, 0.717) is 12.1 Å². The van der Waals surface area contributed by atoms with Crippen LogP contribution in [0.3, 0.4) is 0 Å². The first kappa shape index (κ1) is 28.9. The van der Waals surface area contributed by atoms with Gasteiger partial charge < -0.3 is 9.80 Å². The van der Waals surface area contributed by atoms with Crippen molar-refractivity contribution in [3.05, 3.63) is 24.3 Å². The summed E-state index contributed by atoms with van der Waals surface area (Å²) in [5.74, 6) is 1.56. The first-order valence-corrected chi connectivity index (χ1v) is 14.1. The Morgan fingerprint density at radius 1 is 0.594 bits per heavy atom. The molecule has 0 aliphatic rings. The Labute approximate surface area is 202 Å². The van der Waals surface area contributed by atoms with Crippen LogP contribution in [-0.4, -0.2) is 25.2 Å². The Kier molecular flexibility index (Phi) is 14.8. The van der Waals surface area contributed by atoms with Crippen molar-refractivity contribution in [2.45, 2.75) is 132 Å². The predicted molar refractivity (Wildman–Crippen MR) is 147 cm³/mol. The molecule has 1 aromatic rings. The lowest BCUT2D eigenvalue weighted by atomic mass is 9.96. The summed E-state index contributed by atoms with van der Waals surface area (Å²) in [7, 11) is 0. The van der Waals surface area contributed by atoms with Crippen LogP contribution in [0.15, 0.2) is 24.3 Å². The molecule has 32 heavy (non-hydrogen) atoms. The minimum Gasteiger partial charge on any atom is -0.367 e. The molecule has 186 valence electrons. The highest BCUT2D eigenvalue weighted by Gasteiger charge is 2.25. The minimum atomic E-state index is 0.563. The molecule has 4 atom stereocenters. The summed E-state index contributed by atoms with van der Waals surface area (Å²) in [6.45, 7) is 21.3. The highest BCUT2D eigenvalue weighted by atomic mass is 15.2. The van der Waals surface area contributed by atoms with Crippen LogP contribution in [-0.2, 0) is 0 Å². The monoisotopic (exact) mass is 444 g/mol. The van der Waals surface area contributed by atoms with E-state index in [1.165, 1.54) is 88.7 Å². The normalized spacial score (nSPS) is 15.2. The molecule has 2 heteroatoms. The SMILES string of the molecule is CCCCC(CC)CN(c1ccccc1N(CC(CC)CCCC)C(C)CC)C(C)CC. The van der Waals surface area contributed by atoms with Crippen molar-refractivity contribution in [1.29, 1.82) is 0 Å². The van der Waals surface area contributed by atoms with Crippen molar-refractivity contribution in [3.8, 4) is 0 Å². The smallest absolute Gasteiger partial charge is 0.0606 e. The van der Waals surface area contributed by atoms with E-state index in [1.807, 2.05) is 0 Å². The van der Waals surface area contributed by atoms with Crippen molar-refractivity contribution in [2.24, 2.45) is 11.8 Å².